The second-order valence-corrected chi connectivity index (χ2v) is 10.6. The molecule has 0 unspecified atom stereocenters. The second kappa shape index (κ2) is 9.12. The summed E-state index contributed by atoms with van der Waals surface area (Å²) in [6, 6.07) is 11.9. The maximum atomic E-state index is 13.3. The molecule has 2 N–H and O–H groups in total. The van der Waals surface area contributed by atoms with Gasteiger partial charge in [0.1, 0.15) is 5.82 Å². The van der Waals surface area contributed by atoms with E-state index >= 15 is 0 Å². The van der Waals surface area contributed by atoms with E-state index in [0.717, 1.165) is 47.5 Å². The van der Waals surface area contributed by atoms with Gasteiger partial charge in [-0.25, -0.2) is 0 Å². The number of ketones is 1. The summed E-state index contributed by atoms with van der Waals surface area (Å²) in [6.07, 6.45) is 2.96. The Morgan fingerprint density at radius 3 is 2.68 bits per heavy atom. The number of nitriles is 1. The molecular weight excluding hydrogens is 446 g/mol. The van der Waals surface area contributed by atoms with Crippen molar-refractivity contribution in [3.8, 4) is 6.07 Å². The maximum absolute atomic E-state index is 13.3. The van der Waals surface area contributed by atoms with Crippen LogP contribution in [-0.2, 0) is 11.2 Å². The number of allylic oxidation sites excluding steroid dienone is 3. The van der Waals surface area contributed by atoms with Crippen LogP contribution in [0.3, 0.4) is 0 Å². The van der Waals surface area contributed by atoms with Crippen LogP contribution in [0.5, 0.6) is 0 Å². The Hall–Kier alpha value is -2.20. The van der Waals surface area contributed by atoms with Crippen molar-refractivity contribution < 1.29 is 4.79 Å². The first-order chi connectivity index (χ1) is 15.0. The maximum Gasteiger partial charge on any atom is 0.161 e. The molecule has 0 radical (unpaired) electrons. The lowest BCUT2D eigenvalue weighted by molar-refractivity contribution is -0.116. The van der Waals surface area contributed by atoms with Crippen LogP contribution < -0.4 is 10.6 Å². The molecule has 0 spiro atoms. The van der Waals surface area contributed by atoms with Gasteiger partial charge in [-0.1, -0.05) is 25.4 Å². The zero-order valence-electron chi connectivity index (χ0n) is 17.6. The zero-order valence-corrected chi connectivity index (χ0v) is 20.0. The fraction of sp³-hybridized carbons (Fsp3) is 0.333. The third-order valence-electron chi connectivity index (χ3n) is 5.71. The van der Waals surface area contributed by atoms with E-state index in [-0.39, 0.29) is 5.78 Å². The summed E-state index contributed by atoms with van der Waals surface area (Å²) in [5.41, 5.74) is 10.6. The second-order valence-electron chi connectivity index (χ2n) is 7.53. The number of nitrogens with zero attached hydrogens (tertiary/aromatic N) is 2. The van der Waals surface area contributed by atoms with E-state index in [1.54, 1.807) is 35.2 Å². The smallest absolute Gasteiger partial charge is 0.161 e. The number of thiophene rings is 1. The minimum atomic E-state index is -0.401. The Morgan fingerprint density at radius 1 is 1.29 bits per heavy atom. The van der Waals surface area contributed by atoms with Gasteiger partial charge in [0.25, 0.3) is 0 Å². The number of carbonyl (C=O) groups is 1. The van der Waals surface area contributed by atoms with Crippen molar-refractivity contribution in [1.29, 1.82) is 5.26 Å². The van der Waals surface area contributed by atoms with Crippen molar-refractivity contribution >= 4 is 46.2 Å². The Bertz CT molecular complexity index is 1120. The van der Waals surface area contributed by atoms with Gasteiger partial charge < -0.3 is 5.73 Å². The fourth-order valence-electron chi connectivity index (χ4n) is 4.34. The molecule has 0 bridgehead atoms. The Morgan fingerprint density at radius 2 is 2.03 bits per heavy atom. The highest BCUT2D eigenvalue weighted by Gasteiger charge is 2.41. The first-order valence-corrected chi connectivity index (χ1v) is 12.6. The highest BCUT2D eigenvalue weighted by atomic mass is 35.5. The van der Waals surface area contributed by atoms with E-state index in [4.69, 9.17) is 17.3 Å². The predicted octanol–water partition coefficient (Wildman–Crippen LogP) is 6.38. The lowest BCUT2D eigenvalue weighted by atomic mass is 9.76. The summed E-state index contributed by atoms with van der Waals surface area (Å²) in [5, 5.41) is 10.8. The van der Waals surface area contributed by atoms with Crippen LogP contribution in [0, 0.1) is 11.3 Å². The quantitative estimate of drug-likeness (QED) is 0.514. The number of Topliss-reactive ketones (excluding diaryl/α,β-unsaturated/α-hetero) is 1. The molecule has 1 aliphatic heterocycles. The fourth-order valence-corrected chi connectivity index (χ4v) is 6.85. The number of carbonyl (C=O) groups excluding carboxylic acids is 1. The number of hydrogen-bond acceptors (Lipinski definition) is 6. The number of hydrogen-bond donors (Lipinski definition) is 1. The van der Waals surface area contributed by atoms with E-state index < -0.39 is 5.92 Å². The highest BCUT2D eigenvalue weighted by molar-refractivity contribution is 8.01. The molecule has 2 heterocycles. The third kappa shape index (κ3) is 3.91. The number of benzene rings is 1. The van der Waals surface area contributed by atoms with Gasteiger partial charge in [0, 0.05) is 33.3 Å². The predicted molar refractivity (Wildman–Crippen MR) is 129 cm³/mol. The first-order valence-electron chi connectivity index (χ1n) is 10.5. The van der Waals surface area contributed by atoms with Crippen LogP contribution in [0.4, 0.5) is 5.69 Å². The van der Waals surface area contributed by atoms with Crippen molar-refractivity contribution in [2.75, 3.05) is 10.7 Å². The van der Waals surface area contributed by atoms with Crippen LogP contribution in [0.25, 0.3) is 0 Å². The number of thioether (sulfide) groups is 1. The zero-order chi connectivity index (χ0) is 22.1. The number of aryl methyl sites for hydroxylation is 1. The monoisotopic (exact) mass is 469 g/mol. The van der Waals surface area contributed by atoms with Gasteiger partial charge in [0.05, 0.1) is 21.8 Å². The van der Waals surface area contributed by atoms with Gasteiger partial charge in [0.2, 0.25) is 0 Å². The van der Waals surface area contributed by atoms with E-state index in [9.17, 15) is 10.1 Å². The molecule has 0 saturated heterocycles. The Labute approximate surface area is 196 Å². The molecule has 31 heavy (non-hydrogen) atoms. The van der Waals surface area contributed by atoms with Gasteiger partial charge in [-0.3, -0.25) is 9.69 Å². The lowest BCUT2D eigenvalue weighted by Gasteiger charge is -2.39. The van der Waals surface area contributed by atoms with E-state index in [0.29, 0.717) is 22.8 Å². The van der Waals surface area contributed by atoms with Crippen LogP contribution in [0.1, 0.15) is 49.5 Å². The molecule has 0 amide bonds. The normalized spacial score (nSPS) is 19.0. The Balaban J connectivity index is 1.96. The highest BCUT2D eigenvalue weighted by Crippen LogP contribution is 2.50. The molecule has 7 heteroatoms. The van der Waals surface area contributed by atoms with Gasteiger partial charge in [-0.2, -0.15) is 5.26 Å². The van der Waals surface area contributed by atoms with E-state index in [2.05, 4.69) is 26.0 Å². The molecule has 0 saturated carbocycles. The number of anilines is 1. The van der Waals surface area contributed by atoms with Gasteiger partial charge in [-0.15, -0.1) is 23.1 Å². The third-order valence-corrected chi connectivity index (χ3v) is 8.44. The van der Waals surface area contributed by atoms with Gasteiger partial charge in [-0.05, 0) is 60.9 Å². The van der Waals surface area contributed by atoms with Crippen LogP contribution in [0.2, 0.25) is 5.02 Å². The van der Waals surface area contributed by atoms with Gasteiger partial charge >= 0.3 is 0 Å². The summed E-state index contributed by atoms with van der Waals surface area (Å²) in [6.45, 7) is 4.25. The van der Waals surface area contributed by atoms with Crippen molar-refractivity contribution in [2.24, 2.45) is 5.73 Å². The molecule has 4 nitrogen and oxygen atoms in total. The standard InChI is InChI=1S/C24H24ClN3OS2/c1-3-16-12-17(24(31-16)30-4-2)21-18(13-26)23(27)28(15-10-8-14(25)9-11-15)19-6-5-7-20(29)22(19)21/h8-12,21H,3-7,27H2,1-2H3/t21-/m1/s1. The molecule has 1 atom stereocenters. The van der Waals surface area contributed by atoms with E-state index in [1.807, 2.05) is 17.0 Å². The lowest BCUT2D eigenvalue weighted by Crippen LogP contribution is -2.38. The summed E-state index contributed by atoms with van der Waals surface area (Å²) in [7, 11) is 0. The Kier molecular flexibility index (Phi) is 6.47. The molecule has 1 aromatic heterocycles. The first kappa shape index (κ1) is 22.0. The van der Waals surface area contributed by atoms with Crippen LogP contribution in [0.15, 0.2) is 57.2 Å². The van der Waals surface area contributed by atoms with Crippen molar-refractivity contribution in [1.82, 2.24) is 0 Å². The average molecular weight is 470 g/mol. The molecule has 2 aliphatic rings. The van der Waals surface area contributed by atoms with Crippen LogP contribution in [-0.4, -0.2) is 11.5 Å². The molecular formula is C24H24ClN3OS2. The summed E-state index contributed by atoms with van der Waals surface area (Å²) < 4.78 is 1.18. The van der Waals surface area contributed by atoms with E-state index in [1.165, 1.54) is 9.09 Å². The minimum Gasteiger partial charge on any atom is -0.384 e. The van der Waals surface area contributed by atoms with Crippen molar-refractivity contribution in [3.63, 3.8) is 0 Å². The number of nitrogens with two attached hydrogens (primary N) is 1. The molecule has 4 rings (SSSR count). The SMILES string of the molecule is CCSc1sc(CC)cc1[C@@H]1C(C#N)=C(N)N(c2ccc(Cl)cc2)C2=C1C(=O)CCC2. The molecule has 1 aliphatic carbocycles. The molecule has 1 aromatic carbocycles. The molecule has 0 fully saturated rings. The topological polar surface area (TPSA) is 70.1 Å². The molecule has 2 aromatic rings. The number of rotatable bonds is 5. The summed E-state index contributed by atoms with van der Waals surface area (Å²) in [5.74, 6) is 1.05. The van der Waals surface area contributed by atoms with Crippen molar-refractivity contribution in [3.05, 3.63) is 68.5 Å². The average Bonchev–Trinajstić information content (AvgIpc) is 3.17. The number of halogens is 1. The summed E-state index contributed by atoms with van der Waals surface area (Å²) in [4.78, 5) is 16.4. The largest absolute Gasteiger partial charge is 0.384 e. The van der Waals surface area contributed by atoms with Crippen LogP contribution >= 0.6 is 34.7 Å². The van der Waals surface area contributed by atoms with Gasteiger partial charge in [0.15, 0.2) is 5.78 Å². The molecule has 160 valence electrons. The minimum absolute atomic E-state index is 0.113. The summed E-state index contributed by atoms with van der Waals surface area (Å²) >= 11 is 9.62. The van der Waals surface area contributed by atoms with Crippen molar-refractivity contribution in [2.45, 2.75) is 49.7 Å².